The number of Topliss-reactive ketones (excluding diaryl/α,β-unsaturated/α-hetero) is 1. The van der Waals surface area contributed by atoms with E-state index in [1.807, 2.05) is 43.6 Å². The van der Waals surface area contributed by atoms with E-state index in [0.717, 1.165) is 54.6 Å². The van der Waals surface area contributed by atoms with E-state index < -0.39 is 0 Å². The summed E-state index contributed by atoms with van der Waals surface area (Å²) in [6, 6.07) is 12.1. The molecule has 0 unspecified atom stereocenters. The highest BCUT2D eigenvalue weighted by atomic mass is 32.1. The quantitative estimate of drug-likeness (QED) is 0.282. The van der Waals surface area contributed by atoms with E-state index in [0.29, 0.717) is 6.42 Å². The molecule has 0 saturated heterocycles. The molecule has 0 bridgehead atoms. The van der Waals surface area contributed by atoms with Crippen LogP contribution in [0.1, 0.15) is 55.2 Å². The number of ketones is 1. The van der Waals surface area contributed by atoms with Crippen LogP contribution in [-0.4, -0.2) is 20.6 Å². The average Bonchev–Trinajstić information content (AvgIpc) is 3.21. The van der Waals surface area contributed by atoms with E-state index in [4.69, 9.17) is 12.2 Å². The van der Waals surface area contributed by atoms with Gasteiger partial charge in [-0.25, -0.2) is 4.98 Å². The Morgan fingerprint density at radius 3 is 2.66 bits per heavy atom. The predicted molar refractivity (Wildman–Crippen MR) is 123 cm³/mol. The Bertz CT molecular complexity index is 1040. The van der Waals surface area contributed by atoms with Gasteiger partial charge in [0.1, 0.15) is 5.65 Å². The largest absolute Gasteiger partial charge is 0.346 e. The zero-order valence-corrected chi connectivity index (χ0v) is 17.6. The maximum absolute atomic E-state index is 11.9. The number of nitrogens with zero attached hydrogens (tertiary/aromatic N) is 1. The Hall–Kier alpha value is -2.77. The third kappa shape index (κ3) is 6.66. The van der Waals surface area contributed by atoms with E-state index in [2.05, 4.69) is 33.9 Å². The SMILES string of the molecule is Cc1ccc(C#CC(=O)CCCCCC(=S)CCc2ccnc3[nH]ccc23)cc1. The maximum atomic E-state index is 11.9. The smallest absolute Gasteiger partial charge is 0.205 e. The van der Waals surface area contributed by atoms with Gasteiger partial charge in [-0.3, -0.25) is 4.79 Å². The van der Waals surface area contributed by atoms with Crippen molar-refractivity contribution in [1.82, 2.24) is 9.97 Å². The summed E-state index contributed by atoms with van der Waals surface area (Å²) in [6.07, 6.45) is 10.0. The summed E-state index contributed by atoms with van der Waals surface area (Å²) in [5.74, 6) is 5.71. The van der Waals surface area contributed by atoms with Gasteiger partial charge in [-0.15, -0.1) is 0 Å². The predicted octanol–water partition coefficient (Wildman–Crippen LogP) is 5.75. The lowest BCUT2D eigenvalue weighted by Gasteiger charge is -2.05. The molecule has 0 saturated carbocycles. The number of hydrogen-bond acceptors (Lipinski definition) is 3. The summed E-state index contributed by atoms with van der Waals surface area (Å²) in [5, 5.41) is 1.18. The number of rotatable bonds is 9. The number of carbonyl (C=O) groups excluding carboxylic acids is 1. The normalized spacial score (nSPS) is 10.5. The fourth-order valence-electron chi connectivity index (χ4n) is 3.26. The molecule has 1 aromatic carbocycles. The van der Waals surface area contributed by atoms with Crippen molar-refractivity contribution in [2.24, 2.45) is 0 Å². The average molecular weight is 403 g/mol. The first-order chi connectivity index (χ1) is 14.1. The van der Waals surface area contributed by atoms with E-state index in [1.165, 1.54) is 16.5 Å². The second-order valence-electron chi connectivity index (χ2n) is 7.35. The lowest BCUT2D eigenvalue weighted by atomic mass is 10.0. The standard InChI is InChI=1S/C25H26N2OS/c1-19-7-9-20(10-8-19)11-13-22(28)5-3-2-4-6-23(29)14-12-21-15-17-26-25-24(21)16-18-27-25/h7-10,15-18H,2-6,12,14H2,1H3,(H,26,27). The fourth-order valence-corrected chi connectivity index (χ4v) is 3.51. The Labute approximate surface area is 177 Å². The molecule has 3 aromatic rings. The molecule has 148 valence electrons. The topological polar surface area (TPSA) is 45.8 Å². The molecular weight excluding hydrogens is 376 g/mol. The van der Waals surface area contributed by atoms with E-state index in [-0.39, 0.29) is 5.78 Å². The van der Waals surface area contributed by atoms with E-state index in [9.17, 15) is 4.79 Å². The minimum Gasteiger partial charge on any atom is -0.346 e. The van der Waals surface area contributed by atoms with E-state index >= 15 is 0 Å². The molecule has 0 atom stereocenters. The number of aryl methyl sites for hydroxylation is 2. The van der Waals surface area contributed by atoms with Gasteiger partial charge < -0.3 is 4.98 Å². The number of thiocarbonyl (C=S) groups is 1. The van der Waals surface area contributed by atoms with Crippen LogP contribution in [0.5, 0.6) is 0 Å². The minimum absolute atomic E-state index is 0.0151. The number of pyridine rings is 1. The van der Waals surface area contributed by atoms with Crippen LogP contribution in [0.15, 0.2) is 48.8 Å². The van der Waals surface area contributed by atoms with Crippen LogP contribution in [-0.2, 0) is 11.2 Å². The number of benzene rings is 1. The van der Waals surface area contributed by atoms with Crippen molar-refractivity contribution in [3.63, 3.8) is 0 Å². The number of H-pyrrole nitrogens is 1. The summed E-state index contributed by atoms with van der Waals surface area (Å²) in [5.41, 5.74) is 4.30. The molecule has 2 heterocycles. The van der Waals surface area contributed by atoms with Gasteiger partial charge in [0.2, 0.25) is 5.78 Å². The van der Waals surface area contributed by atoms with Gasteiger partial charge in [0, 0.05) is 29.8 Å². The molecule has 0 spiro atoms. The number of aromatic amines is 1. The van der Waals surface area contributed by atoms with Crippen molar-refractivity contribution in [1.29, 1.82) is 0 Å². The molecule has 0 amide bonds. The molecule has 3 nitrogen and oxygen atoms in total. The van der Waals surface area contributed by atoms with Crippen molar-refractivity contribution in [2.45, 2.75) is 51.9 Å². The van der Waals surface area contributed by atoms with Crippen LogP contribution in [0, 0.1) is 18.8 Å². The lowest BCUT2D eigenvalue weighted by Crippen LogP contribution is -1.99. The highest BCUT2D eigenvalue weighted by Crippen LogP contribution is 2.18. The molecule has 0 fully saturated rings. The Morgan fingerprint density at radius 2 is 1.83 bits per heavy atom. The number of aromatic nitrogens is 2. The summed E-state index contributed by atoms with van der Waals surface area (Å²) < 4.78 is 0. The van der Waals surface area contributed by atoms with Crippen molar-refractivity contribution in [2.75, 3.05) is 0 Å². The van der Waals surface area contributed by atoms with Crippen LogP contribution in [0.3, 0.4) is 0 Å². The molecule has 0 radical (unpaired) electrons. The Balaban J connectivity index is 1.31. The van der Waals surface area contributed by atoms with Crippen LogP contribution in [0.25, 0.3) is 11.0 Å². The van der Waals surface area contributed by atoms with Gasteiger partial charge >= 0.3 is 0 Å². The molecule has 1 N–H and O–H groups in total. The van der Waals surface area contributed by atoms with Gasteiger partial charge in [0.15, 0.2) is 0 Å². The van der Waals surface area contributed by atoms with Gasteiger partial charge in [0.05, 0.1) is 0 Å². The number of carbonyl (C=O) groups is 1. The first-order valence-corrected chi connectivity index (χ1v) is 10.6. The van der Waals surface area contributed by atoms with Gasteiger partial charge in [-0.05, 0) is 79.6 Å². The highest BCUT2D eigenvalue weighted by Gasteiger charge is 2.05. The second kappa shape index (κ2) is 10.7. The van der Waals surface area contributed by atoms with Gasteiger partial charge in [-0.1, -0.05) is 42.3 Å². The summed E-state index contributed by atoms with van der Waals surface area (Å²) in [7, 11) is 0. The van der Waals surface area contributed by atoms with Crippen LogP contribution >= 0.6 is 12.2 Å². The molecule has 4 heteroatoms. The maximum Gasteiger partial charge on any atom is 0.205 e. The van der Waals surface area contributed by atoms with Gasteiger partial charge in [0.25, 0.3) is 0 Å². The van der Waals surface area contributed by atoms with Crippen LogP contribution in [0.4, 0.5) is 0 Å². The minimum atomic E-state index is 0.0151. The van der Waals surface area contributed by atoms with Crippen molar-refractivity contribution < 1.29 is 4.79 Å². The molecule has 3 rings (SSSR count). The van der Waals surface area contributed by atoms with E-state index in [1.54, 1.807) is 0 Å². The van der Waals surface area contributed by atoms with Crippen molar-refractivity contribution >= 4 is 33.9 Å². The van der Waals surface area contributed by atoms with Crippen molar-refractivity contribution in [3.8, 4) is 11.8 Å². The molecule has 0 aliphatic heterocycles. The summed E-state index contributed by atoms with van der Waals surface area (Å²) in [6.45, 7) is 2.04. The zero-order valence-electron chi connectivity index (χ0n) is 16.8. The monoisotopic (exact) mass is 402 g/mol. The summed E-state index contributed by atoms with van der Waals surface area (Å²) >= 11 is 5.55. The Morgan fingerprint density at radius 1 is 1.03 bits per heavy atom. The molecule has 0 aliphatic carbocycles. The van der Waals surface area contributed by atoms with Gasteiger partial charge in [-0.2, -0.15) is 0 Å². The molecular formula is C25H26N2OS. The molecule has 2 aromatic heterocycles. The first kappa shape index (κ1) is 21.0. The number of unbranched alkanes of at least 4 members (excludes halogenated alkanes) is 2. The number of fused-ring (bicyclic) bond motifs is 1. The third-order valence-corrected chi connectivity index (χ3v) is 5.39. The highest BCUT2D eigenvalue weighted by molar-refractivity contribution is 7.80. The van der Waals surface area contributed by atoms with Crippen LogP contribution in [0.2, 0.25) is 0 Å². The molecule has 0 aliphatic rings. The third-order valence-electron chi connectivity index (χ3n) is 4.98. The Kier molecular flexibility index (Phi) is 7.72. The lowest BCUT2D eigenvalue weighted by molar-refractivity contribution is -0.113. The number of nitrogens with one attached hydrogen (secondary N) is 1. The second-order valence-corrected chi connectivity index (χ2v) is 7.93. The van der Waals surface area contributed by atoms with Crippen LogP contribution < -0.4 is 0 Å². The van der Waals surface area contributed by atoms with Crippen molar-refractivity contribution in [3.05, 3.63) is 65.5 Å². The first-order valence-electron chi connectivity index (χ1n) is 10.2. The molecule has 29 heavy (non-hydrogen) atoms. The zero-order chi connectivity index (χ0) is 20.5. The number of hydrogen-bond donors (Lipinski definition) is 1. The fraction of sp³-hybridized carbons (Fsp3) is 0.320. The summed E-state index contributed by atoms with van der Waals surface area (Å²) in [4.78, 5) is 20.5.